The largest absolute Gasteiger partial charge is 0.314 e. The Balaban J connectivity index is 2.01. The van der Waals surface area contributed by atoms with Crippen molar-refractivity contribution in [2.45, 2.75) is 19.5 Å². The average molecular weight is 209 g/mol. The van der Waals surface area contributed by atoms with Gasteiger partial charge in [0.05, 0.1) is 0 Å². The van der Waals surface area contributed by atoms with Gasteiger partial charge in [-0.05, 0) is 24.6 Å². The molecule has 0 bridgehead atoms. The zero-order valence-corrected chi connectivity index (χ0v) is 8.91. The molecule has 1 aliphatic heterocycles. The maximum atomic E-state index is 12.9. The average Bonchev–Trinajstić information content (AvgIpc) is 2.22. The minimum atomic E-state index is -0.393. The molecular formula is C11H16FN3. The molecule has 1 aromatic rings. The molecule has 15 heavy (non-hydrogen) atoms. The first-order valence-corrected chi connectivity index (χ1v) is 5.31. The van der Waals surface area contributed by atoms with Gasteiger partial charge in [0.25, 0.3) is 0 Å². The third kappa shape index (κ3) is 2.73. The molecule has 2 rings (SSSR count). The van der Waals surface area contributed by atoms with E-state index in [1.54, 1.807) is 0 Å². The van der Waals surface area contributed by atoms with Crippen LogP contribution in [0.25, 0.3) is 0 Å². The highest BCUT2D eigenvalue weighted by Crippen LogP contribution is 2.09. The van der Waals surface area contributed by atoms with Gasteiger partial charge >= 0.3 is 0 Å². The number of nitrogens with zero attached hydrogens (tertiary/aromatic N) is 2. The van der Waals surface area contributed by atoms with Gasteiger partial charge in [0.2, 0.25) is 5.95 Å². The SMILES string of the molecule is CC1CNCCN1Cc1ccnc(F)c1. The molecule has 1 atom stereocenters. The van der Waals surface area contributed by atoms with Crippen molar-refractivity contribution in [2.24, 2.45) is 0 Å². The molecule has 1 aliphatic rings. The van der Waals surface area contributed by atoms with Gasteiger partial charge < -0.3 is 5.32 Å². The Hall–Kier alpha value is -1.00. The van der Waals surface area contributed by atoms with Crippen molar-refractivity contribution >= 4 is 0 Å². The van der Waals surface area contributed by atoms with Crippen LogP contribution in [0, 0.1) is 5.95 Å². The first kappa shape index (κ1) is 10.5. The van der Waals surface area contributed by atoms with E-state index in [4.69, 9.17) is 0 Å². The predicted molar refractivity (Wildman–Crippen MR) is 56.9 cm³/mol. The first-order chi connectivity index (χ1) is 7.25. The molecule has 0 radical (unpaired) electrons. The zero-order chi connectivity index (χ0) is 10.7. The molecule has 1 unspecified atom stereocenters. The Bertz CT molecular complexity index is 329. The van der Waals surface area contributed by atoms with E-state index in [-0.39, 0.29) is 0 Å². The molecule has 1 fully saturated rings. The van der Waals surface area contributed by atoms with Gasteiger partial charge in [0.15, 0.2) is 0 Å². The van der Waals surface area contributed by atoms with Crippen LogP contribution >= 0.6 is 0 Å². The van der Waals surface area contributed by atoms with Crippen molar-refractivity contribution in [2.75, 3.05) is 19.6 Å². The van der Waals surface area contributed by atoms with Crippen LogP contribution in [-0.2, 0) is 6.54 Å². The monoisotopic (exact) mass is 209 g/mol. The highest BCUT2D eigenvalue weighted by Gasteiger charge is 2.17. The lowest BCUT2D eigenvalue weighted by Gasteiger charge is -2.33. The molecule has 0 amide bonds. The number of pyridine rings is 1. The number of hydrogen-bond donors (Lipinski definition) is 1. The summed E-state index contributed by atoms with van der Waals surface area (Å²) in [7, 11) is 0. The second-order valence-electron chi connectivity index (χ2n) is 4.01. The van der Waals surface area contributed by atoms with Crippen molar-refractivity contribution in [3.05, 3.63) is 29.8 Å². The van der Waals surface area contributed by atoms with E-state index in [1.807, 2.05) is 6.07 Å². The van der Waals surface area contributed by atoms with Crippen molar-refractivity contribution < 1.29 is 4.39 Å². The topological polar surface area (TPSA) is 28.2 Å². The van der Waals surface area contributed by atoms with E-state index < -0.39 is 5.95 Å². The van der Waals surface area contributed by atoms with Crippen LogP contribution in [0.15, 0.2) is 18.3 Å². The second kappa shape index (κ2) is 4.68. The van der Waals surface area contributed by atoms with Crippen LogP contribution in [0.4, 0.5) is 4.39 Å². The summed E-state index contributed by atoms with van der Waals surface area (Å²) in [6.45, 7) is 6.03. The fourth-order valence-corrected chi connectivity index (χ4v) is 1.89. The van der Waals surface area contributed by atoms with Crippen molar-refractivity contribution in [1.29, 1.82) is 0 Å². The van der Waals surface area contributed by atoms with E-state index in [0.29, 0.717) is 6.04 Å². The van der Waals surface area contributed by atoms with E-state index in [0.717, 1.165) is 31.7 Å². The highest BCUT2D eigenvalue weighted by molar-refractivity contribution is 5.11. The molecule has 2 heterocycles. The molecule has 3 nitrogen and oxygen atoms in total. The lowest BCUT2D eigenvalue weighted by atomic mass is 10.1. The molecule has 82 valence electrons. The highest BCUT2D eigenvalue weighted by atomic mass is 19.1. The Morgan fingerprint density at radius 2 is 2.53 bits per heavy atom. The van der Waals surface area contributed by atoms with Crippen LogP contribution in [0.2, 0.25) is 0 Å². The minimum Gasteiger partial charge on any atom is -0.314 e. The summed E-state index contributed by atoms with van der Waals surface area (Å²) in [6, 6.07) is 3.89. The van der Waals surface area contributed by atoms with E-state index in [9.17, 15) is 4.39 Å². The van der Waals surface area contributed by atoms with Gasteiger partial charge in [-0.25, -0.2) is 4.98 Å². The van der Waals surface area contributed by atoms with Crippen LogP contribution in [-0.4, -0.2) is 35.6 Å². The Kier molecular flexibility index (Phi) is 3.28. The number of nitrogens with one attached hydrogen (secondary N) is 1. The summed E-state index contributed by atoms with van der Waals surface area (Å²) in [6.07, 6.45) is 1.53. The quantitative estimate of drug-likeness (QED) is 0.737. The standard InChI is InChI=1S/C11H16FN3/c1-9-7-13-4-5-15(9)8-10-2-3-14-11(12)6-10/h2-3,6,9,13H,4-5,7-8H2,1H3. The number of halogens is 1. The number of rotatable bonds is 2. The molecule has 0 aliphatic carbocycles. The summed E-state index contributed by atoms with van der Waals surface area (Å²) in [5.41, 5.74) is 0.997. The molecule has 1 N–H and O–H groups in total. The summed E-state index contributed by atoms with van der Waals surface area (Å²) in [5.74, 6) is -0.393. The third-order valence-electron chi connectivity index (χ3n) is 2.82. The van der Waals surface area contributed by atoms with Crippen LogP contribution in [0.5, 0.6) is 0 Å². The molecule has 1 saturated heterocycles. The van der Waals surface area contributed by atoms with Gasteiger partial charge in [0.1, 0.15) is 0 Å². The van der Waals surface area contributed by atoms with Gasteiger partial charge in [-0.15, -0.1) is 0 Å². The van der Waals surface area contributed by atoms with Crippen molar-refractivity contribution in [3.63, 3.8) is 0 Å². The fraction of sp³-hybridized carbons (Fsp3) is 0.545. The third-order valence-corrected chi connectivity index (χ3v) is 2.82. The maximum Gasteiger partial charge on any atom is 0.213 e. The number of hydrogen-bond acceptors (Lipinski definition) is 3. The van der Waals surface area contributed by atoms with Crippen LogP contribution < -0.4 is 5.32 Å². The number of piperazine rings is 1. The van der Waals surface area contributed by atoms with Gasteiger partial charge in [-0.3, -0.25) is 4.90 Å². The maximum absolute atomic E-state index is 12.9. The lowest BCUT2D eigenvalue weighted by Crippen LogP contribution is -2.49. The van der Waals surface area contributed by atoms with Crippen molar-refractivity contribution in [3.8, 4) is 0 Å². The normalized spacial score (nSPS) is 22.9. The molecule has 0 aromatic carbocycles. The molecule has 0 spiro atoms. The zero-order valence-electron chi connectivity index (χ0n) is 8.91. The van der Waals surface area contributed by atoms with E-state index >= 15 is 0 Å². The summed E-state index contributed by atoms with van der Waals surface area (Å²) in [5, 5.41) is 3.33. The van der Waals surface area contributed by atoms with Crippen LogP contribution in [0.1, 0.15) is 12.5 Å². The molecular weight excluding hydrogens is 193 g/mol. The van der Waals surface area contributed by atoms with Gasteiger partial charge in [0, 0.05) is 38.4 Å². The smallest absolute Gasteiger partial charge is 0.213 e. The summed E-state index contributed by atoms with van der Waals surface area (Å²) in [4.78, 5) is 5.91. The second-order valence-corrected chi connectivity index (χ2v) is 4.01. The summed E-state index contributed by atoms with van der Waals surface area (Å²) >= 11 is 0. The van der Waals surface area contributed by atoms with Gasteiger partial charge in [-0.1, -0.05) is 0 Å². The fourth-order valence-electron chi connectivity index (χ4n) is 1.89. The van der Waals surface area contributed by atoms with E-state index in [1.165, 1.54) is 12.3 Å². The molecule has 0 saturated carbocycles. The number of aromatic nitrogens is 1. The minimum absolute atomic E-state index is 0.393. The van der Waals surface area contributed by atoms with Crippen LogP contribution in [0.3, 0.4) is 0 Å². The Labute approximate surface area is 89.3 Å². The van der Waals surface area contributed by atoms with Crippen molar-refractivity contribution in [1.82, 2.24) is 15.2 Å². The predicted octanol–water partition coefficient (Wildman–Crippen LogP) is 1.01. The van der Waals surface area contributed by atoms with Gasteiger partial charge in [-0.2, -0.15) is 4.39 Å². The first-order valence-electron chi connectivity index (χ1n) is 5.31. The molecule has 4 heteroatoms. The lowest BCUT2D eigenvalue weighted by molar-refractivity contribution is 0.165. The Morgan fingerprint density at radius 1 is 1.67 bits per heavy atom. The summed E-state index contributed by atoms with van der Waals surface area (Å²) < 4.78 is 12.9. The van der Waals surface area contributed by atoms with E-state index in [2.05, 4.69) is 22.1 Å². The Morgan fingerprint density at radius 3 is 3.27 bits per heavy atom. The molecule has 1 aromatic heterocycles.